The van der Waals surface area contributed by atoms with Gasteiger partial charge in [-0.1, -0.05) is 18.2 Å². The van der Waals surface area contributed by atoms with Gasteiger partial charge in [-0.25, -0.2) is 4.98 Å². The third-order valence-electron chi connectivity index (χ3n) is 3.13. The maximum absolute atomic E-state index is 11.9. The summed E-state index contributed by atoms with van der Waals surface area (Å²) < 4.78 is 2.11. The largest absolute Gasteiger partial charge is 0.331 e. The van der Waals surface area contributed by atoms with Gasteiger partial charge in [0.25, 0.3) is 0 Å². The molecule has 2 aromatic heterocycles. The van der Waals surface area contributed by atoms with Crippen molar-refractivity contribution in [2.45, 2.75) is 19.4 Å². The van der Waals surface area contributed by atoms with Gasteiger partial charge in [0.15, 0.2) is 5.78 Å². The van der Waals surface area contributed by atoms with Gasteiger partial charge >= 0.3 is 0 Å². The van der Waals surface area contributed by atoms with Gasteiger partial charge < -0.3 is 4.57 Å². The van der Waals surface area contributed by atoms with Crippen molar-refractivity contribution in [2.75, 3.05) is 0 Å². The molecule has 0 spiro atoms. The fourth-order valence-corrected chi connectivity index (χ4v) is 2.85. The summed E-state index contributed by atoms with van der Waals surface area (Å²) in [5.41, 5.74) is 2.14. The molecule has 3 aromatic rings. The third kappa shape index (κ3) is 2.58. The second-order valence-corrected chi connectivity index (χ2v) is 5.38. The molecule has 0 saturated carbocycles. The molecule has 0 radical (unpaired) electrons. The maximum atomic E-state index is 11.9. The monoisotopic (exact) mass is 270 g/mol. The molecule has 0 aliphatic carbocycles. The molecule has 0 aliphatic rings. The first-order valence-corrected chi connectivity index (χ1v) is 7.19. The number of thiophene rings is 1. The molecule has 19 heavy (non-hydrogen) atoms. The molecular formula is C15H14N2OS. The fraction of sp³-hybridized carbons (Fsp3) is 0.200. The average Bonchev–Trinajstić information content (AvgIpc) is 3.08. The van der Waals surface area contributed by atoms with Crippen LogP contribution in [-0.2, 0) is 6.54 Å². The van der Waals surface area contributed by atoms with Crippen molar-refractivity contribution in [3.63, 3.8) is 0 Å². The second-order valence-electron chi connectivity index (χ2n) is 4.43. The Morgan fingerprint density at radius 2 is 2.11 bits per heavy atom. The minimum absolute atomic E-state index is 0.236. The zero-order valence-electron chi connectivity index (χ0n) is 10.5. The lowest BCUT2D eigenvalue weighted by Crippen LogP contribution is -2.01. The van der Waals surface area contributed by atoms with E-state index in [9.17, 15) is 4.79 Å². The standard InChI is InChI=1S/C15H14N2OS/c18-14(15-8-4-10-19-15)7-3-9-17-11-16-12-5-1-2-6-13(12)17/h1-2,4-6,8,10-11H,3,7,9H2. The lowest BCUT2D eigenvalue weighted by molar-refractivity contribution is 0.0982. The summed E-state index contributed by atoms with van der Waals surface area (Å²) >= 11 is 1.51. The van der Waals surface area contributed by atoms with Gasteiger partial charge in [0.1, 0.15) is 0 Å². The van der Waals surface area contributed by atoms with E-state index in [2.05, 4.69) is 15.6 Å². The number of ketones is 1. The summed E-state index contributed by atoms with van der Waals surface area (Å²) in [6, 6.07) is 11.9. The van der Waals surface area contributed by atoms with E-state index in [0.29, 0.717) is 6.42 Å². The maximum Gasteiger partial charge on any atom is 0.172 e. The number of aryl methyl sites for hydroxylation is 1. The number of hydrogen-bond acceptors (Lipinski definition) is 3. The van der Waals surface area contributed by atoms with E-state index in [-0.39, 0.29) is 5.78 Å². The number of Topliss-reactive ketones (excluding diaryl/α,β-unsaturated/α-hetero) is 1. The molecule has 96 valence electrons. The van der Waals surface area contributed by atoms with Crippen molar-refractivity contribution in [2.24, 2.45) is 0 Å². The molecule has 2 heterocycles. The van der Waals surface area contributed by atoms with Gasteiger partial charge in [-0.3, -0.25) is 4.79 Å². The van der Waals surface area contributed by atoms with Crippen molar-refractivity contribution in [1.29, 1.82) is 0 Å². The van der Waals surface area contributed by atoms with E-state index in [1.54, 1.807) is 0 Å². The Balaban J connectivity index is 1.62. The number of aromatic nitrogens is 2. The van der Waals surface area contributed by atoms with Crippen LogP contribution in [0, 0.1) is 0 Å². The topological polar surface area (TPSA) is 34.9 Å². The SMILES string of the molecule is O=C(CCCn1cnc2ccccc21)c1cccs1. The fourth-order valence-electron chi connectivity index (χ4n) is 2.16. The summed E-state index contributed by atoms with van der Waals surface area (Å²) in [7, 11) is 0. The summed E-state index contributed by atoms with van der Waals surface area (Å²) in [4.78, 5) is 17.1. The highest BCUT2D eigenvalue weighted by Gasteiger charge is 2.07. The predicted octanol–water partition coefficient (Wildman–Crippen LogP) is 3.76. The smallest absolute Gasteiger partial charge is 0.172 e. The Morgan fingerprint density at radius 1 is 1.21 bits per heavy atom. The molecule has 0 saturated heterocycles. The first-order chi connectivity index (χ1) is 9.34. The van der Waals surface area contributed by atoms with Crippen molar-refractivity contribution >= 4 is 28.2 Å². The van der Waals surface area contributed by atoms with E-state index in [1.165, 1.54) is 11.3 Å². The van der Waals surface area contributed by atoms with Gasteiger partial charge in [0, 0.05) is 13.0 Å². The Morgan fingerprint density at radius 3 is 2.95 bits per heavy atom. The van der Waals surface area contributed by atoms with Crippen molar-refractivity contribution in [3.05, 3.63) is 53.0 Å². The van der Waals surface area contributed by atoms with E-state index in [4.69, 9.17) is 0 Å². The summed E-state index contributed by atoms with van der Waals surface area (Å²) in [5, 5.41) is 1.94. The number of para-hydroxylation sites is 2. The van der Waals surface area contributed by atoms with Crippen LogP contribution < -0.4 is 0 Å². The summed E-state index contributed by atoms with van der Waals surface area (Å²) in [5.74, 6) is 0.236. The zero-order valence-corrected chi connectivity index (χ0v) is 11.3. The number of rotatable bonds is 5. The van der Waals surface area contributed by atoms with Crippen molar-refractivity contribution in [3.8, 4) is 0 Å². The van der Waals surface area contributed by atoms with Crippen LogP contribution in [0.5, 0.6) is 0 Å². The average molecular weight is 270 g/mol. The molecule has 0 N–H and O–H groups in total. The molecule has 0 atom stereocenters. The number of hydrogen-bond donors (Lipinski definition) is 0. The molecule has 0 bridgehead atoms. The van der Waals surface area contributed by atoms with Crippen LogP contribution in [-0.4, -0.2) is 15.3 Å². The molecule has 3 rings (SSSR count). The molecule has 0 aliphatic heterocycles. The minimum atomic E-state index is 0.236. The molecular weight excluding hydrogens is 256 g/mol. The highest BCUT2D eigenvalue weighted by molar-refractivity contribution is 7.12. The number of carbonyl (C=O) groups excluding carboxylic acids is 1. The quantitative estimate of drug-likeness (QED) is 0.662. The van der Waals surface area contributed by atoms with E-state index < -0.39 is 0 Å². The number of imidazole rings is 1. The predicted molar refractivity (Wildman–Crippen MR) is 77.6 cm³/mol. The first kappa shape index (κ1) is 12.1. The van der Waals surface area contributed by atoms with Crippen LogP contribution in [0.25, 0.3) is 11.0 Å². The molecule has 0 unspecified atom stereocenters. The van der Waals surface area contributed by atoms with Gasteiger partial charge in [0.05, 0.1) is 22.2 Å². The van der Waals surface area contributed by atoms with Crippen LogP contribution >= 0.6 is 11.3 Å². The molecule has 4 heteroatoms. The van der Waals surface area contributed by atoms with Gasteiger partial charge in [0.2, 0.25) is 0 Å². The Bertz CT molecular complexity index is 685. The summed E-state index contributed by atoms with van der Waals surface area (Å²) in [6.45, 7) is 0.831. The van der Waals surface area contributed by atoms with Crippen LogP contribution in [0.1, 0.15) is 22.5 Å². The van der Waals surface area contributed by atoms with Crippen LogP contribution in [0.4, 0.5) is 0 Å². The Kier molecular flexibility index (Phi) is 3.42. The Hall–Kier alpha value is -1.94. The first-order valence-electron chi connectivity index (χ1n) is 6.31. The highest BCUT2D eigenvalue weighted by Crippen LogP contribution is 2.15. The van der Waals surface area contributed by atoms with E-state index in [1.807, 2.05) is 42.0 Å². The van der Waals surface area contributed by atoms with E-state index >= 15 is 0 Å². The van der Waals surface area contributed by atoms with Crippen LogP contribution in [0.3, 0.4) is 0 Å². The molecule has 0 amide bonds. The van der Waals surface area contributed by atoms with Crippen molar-refractivity contribution < 1.29 is 4.79 Å². The van der Waals surface area contributed by atoms with E-state index in [0.717, 1.165) is 28.9 Å². The lowest BCUT2D eigenvalue weighted by atomic mass is 10.2. The van der Waals surface area contributed by atoms with Crippen molar-refractivity contribution in [1.82, 2.24) is 9.55 Å². The van der Waals surface area contributed by atoms with Gasteiger partial charge in [-0.05, 0) is 30.0 Å². The number of nitrogens with zero attached hydrogens (tertiary/aromatic N) is 2. The normalized spacial score (nSPS) is 10.9. The highest BCUT2D eigenvalue weighted by atomic mass is 32.1. The molecule has 0 fully saturated rings. The van der Waals surface area contributed by atoms with Crippen LogP contribution in [0.15, 0.2) is 48.1 Å². The minimum Gasteiger partial charge on any atom is -0.331 e. The number of fused-ring (bicyclic) bond motifs is 1. The summed E-state index contributed by atoms with van der Waals surface area (Å²) in [6.07, 6.45) is 3.28. The second kappa shape index (κ2) is 5.36. The lowest BCUT2D eigenvalue weighted by Gasteiger charge is -2.03. The van der Waals surface area contributed by atoms with Crippen LogP contribution in [0.2, 0.25) is 0 Å². The number of benzene rings is 1. The third-order valence-corrected chi connectivity index (χ3v) is 4.04. The van der Waals surface area contributed by atoms with Gasteiger partial charge in [-0.2, -0.15) is 0 Å². The zero-order chi connectivity index (χ0) is 13.1. The van der Waals surface area contributed by atoms with Gasteiger partial charge in [-0.15, -0.1) is 11.3 Å². The molecule has 1 aromatic carbocycles. The molecule has 3 nitrogen and oxygen atoms in total. The Labute approximate surface area is 115 Å². The number of carbonyl (C=O) groups is 1.